The third-order valence-corrected chi connectivity index (χ3v) is 6.05. The van der Waals surface area contributed by atoms with Crippen LogP contribution in [0.15, 0.2) is 0 Å². The lowest BCUT2D eigenvalue weighted by Crippen LogP contribution is -2.21. The summed E-state index contributed by atoms with van der Waals surface area (Å²) in [6.07, 6.45) is 14.4. The van der Waals surface area contributed by atoms with E-state index in [1.54, 1.807) is 0 Å². The molecule has 0 fully saturated rings. The average Bonchev–Trinajstić information content (AvgIpc) is 2.50. The van der Waals surface area contributed by atoms with Gasteiger partial charge in [-0.25, -0.2) is 0 Å². The predicted octanol–water partition coefficient (Wildman–Crippen LogP) is 5.50. The standard InChI is InChI=1S/C19H40O4S/c1-3-5-6-7-8-9-10-11-12-16-19(24(21,22)23)17-13-15-18(20)14-4-2/h18-20H,3-17H2,1-2H3,(H,21,22,23). The van der Waals surface area contributed by atoms with Gasteiger partial charge in [-0.15, -0.1) is 0 Å². The van der Waals surface area contributed by atoms with Gasteiger partial charge in [-0.1, -0.05) is 78.1 Å². The highest BCUT2D eigenvalue weighted by atomic mass is 32.2. The first-order valence-electron chi connectivity index (χ1n) is 10.1. The molecule has 4 nitrogen and oxygen atoms in total. The quantitative estimate of drug-likeness (QED) is 0.264. The van der Waals surface area contributed by atoms with E-state index in [1.165, 1.54) is 38.5 Å². The summed E-state index contributed by atoms with van der Waals surface area (Å²) in [5.41, 5.74) is 0. The van der Waals surface area contributed by atoms with E-state index in [2.05, 4.69) is 6.92 Å². The molecule has 24 heavy (non-hydrogen) atoms. The van der Waals surface area contributed by atoms with Gasteiger partial charge in [0.05, 0.1) is 11.4 Å². The topological polar surface area (TPSA) is 74.6 Å². The van der Waals surface area contributed by atoms with Crippen molar-refractivity contribution in [3.8, 4) is 0 Å². The minimum atomic E-state index is -3.96. The number of aliphatic hydroxyl groups is 1. The van der Waals surface area contributed by atoms with Crippen LogP contribution in [0.5, 0.6) is 0 Å². The van der Waals surface area contributed by atoms with Crippen LogP contribution in [-0.2, 0) is 10.1 Å². The summed E-state index contributed by atoms with van der Waals surface area (Å²) in [5, 5.41) is 9.05. The second-order valence-electron chi connectivity index (χ2n) is 7.13. The second kappa shape index (κ2) is 15.2. The van der Waals surface area contributed by atoms with Crippen molar-refractivity contribution in [2.24, 2.45) is 0 Å². The normalized spacial score (nSPS) is 14.7. The zero-order chi connectivity index (χ0) is 18.3. The van der Waals surface area contributed by atoms with Gasteiger partial charge in [0.25, 0.3) is 10.1 Å². The van der Waals surface area contributed by atoms with E-state index in [-0.39, 0.29) is 6.10 Å². The van der Waals surface area contributed by atoms with Crippen molar-refractivity contribution in [3.63, 3.8) is 0 Å². The van der Waals surface area contributed by atoms with Crippen molar-refractivity contribution in [2.45, 2.75) is 122 Å². The molecule has 0 amide bonds. The van der Waals surface area contributed by atoms with E-state index >= 15 is 0 Å². The molecule has 0 saturated heterocycles. The van der Waals surface area contributed by atoms with E-state index in [4.69, 9.17) is 0 Å². The molecule has 0 aromatic heterocycles. The van der Waals surface area contributed by atoms with Crippen molar-refractivity contribution >= 4 is 10.1 Å². The van der Waals surface area contributed by atoms with Crippen molar-refractivity contribution in [3.05, 3.63) is 0 Å². The molecule has 0 aliphatic rings. The van der Waals surface area contributed by atoms with E-state index in [0.717, 1.165) is 32.1 Å². The van der Waals surface area contributed by atoms with Gasteiger partial charge >= 0.3 is 0 Å². The Morgan fingerprint density at radius 2 is 1.17 bits per heavy atom. The Kier molecular flexibility index (Phi) is 15.1. The molecule has 0 spiro atoms. The van der Waals surface area contributed by atoms with Gasteiger partial charge < -0.3 is 5.11 Å². The van der Waals surface area contributed by atoms with E-state index in [1.807, 2.05) is 6.92 Å². The van der Waals surface area contributed by atoms with Crippen molar-refractivity contribution in [1.82, 2.24) is 0 Å². The van der Waals surface area contributed by atoms with Gasteiger partial charge in [0.1, 0.15) is 0 Å². The fourth-order valence-corrected chi connectivity index (χ4v) is 4.11. The largest absolute Gasteiger partial charge is 0.393 e. The molecule has 0 radical (unpaired) electrons. The molecule has 0 aliphatic carbocycles. The Balaban J connectivity index is 3.81. The lowest BCUT2D eigenvalue weighted by molar-refractivity contribution is 0.150. The minimum Gasteiger partial charge on any atom is -0.393 e. The summed E-state index contributed by atoms with van der Waals surface area (Å²) < 4.78 is 32.4. The molecule has 0 bridgehead atoms. The Labute approximate surface area is 150 Å². The monoisotopic (exact) mass is 364 g/mol. The molecule has 0 saturated carbocycles. The minimum absolute atomic E-state index is 0.343. The summed E-state index contributed by atoms with van der Waals surface area (Å²) in [6.45, 7) is 4.24. The smallest absolute Gasteiger partial charge is 0.267 e. The van der Waals surface area contributed by atoms with Crippen LogP contribution in [0.3, 0.4) is 0 Å². The molecule has 2 unspecified atom stereocenters. The third kappa shape index (κ3) is 14.2. The lowest BCUT2D eigenvalue weighted by Gasteiger charge is -2.15. The maximum atomic E-state index is 11.5. The Morgan fingerprint density at radius 3 is 1.67 bits per heavy atom. The van der Waals surface area contributed by atoms with E-state index < -0.39 is 15.4 Å². The van der Waals surface area contributed by atoms with Gasteiger partial charge in [-0.3, -0.25) is 4.55 Å². The number of hydrogen-bond donors (Lipinski definition) is 2. The Bertz CT molecular complexity index is 368. The zero-order valence-electron chi connectivity index (χ0n) is 15.9. The molecule has 5 heteroatoms. The highest BCUT2D eigenvalue weighted by Gasteiger charge is 2.22. The van der Waals surface area contributed by atoms with Crippen LogP contribution >= 0.6 is 0 Å². The van der Waals surface area contributed by atoms with Crippen LogP contribution in [0.25, 0.3) is 0 Å². The summed E-state index contributed by atoms with van der Waals surface area (Å²) in [5.74, 6) is 0. The first kappa shape index (κ1) is 23.9. The van der Waals surface area contributed by atoms with Crippen molar-refractivity contribution in [1.29, 1.82) is 0 Å². The van der Waals surface area contributed by atoms with E-state index in [0.29, 0.717) is 25.7 Å². The Hall–Kier alpha value is -0.130. The summed E-state index contributed by atoms with van der Waals surface area (Å²) in [4.78, 5) is 0. The summed E-state index contributed by atoms with van der Waals surface area (Å²) in [7, 11) is -3.96. The fourth-order valence-electron chi connectivity index (χ4n) is 3.18. The maximum absolute atomic E-state index is 11.5. The SMILES string of the molecule is CCCCCCCCCCCC(CCCC(O)CCC)S(=O)(=O)O. The third-order valence-electron chi connectivity index (χ3n) is 4.74. The van der Waals surface area contributed by atoms with Crippen molar-refractivity contribution in [2.75, 3.05) is 0 Å². The second-order valence-corrected chi connectivity index (χ2v) is 8.82. The first-order valence-corrected chi connectivity index (χ1v) is 11.6. The van der Waals surface area contributed by atoms with E-state index in [9.17, 15) is 18.1 Å². The van der Waals surface area contributed by atoms with Crippen LogP contribution < -0.4 is 0 Å². The molecular formula is C19H40O4S. The van der Waals surface area contributed by atoms with Crippen LogP contribution in [-0.4, -0.2) is 29.4 Å². The first-order chi connectivity index (χ1) is 11.4. The van der Waals surface area contributed by atoms with Crippen LogP contribution in [0.1, 0.15) is 110 Å². The predicted molar refractivity (Wildman–Crippen MR) is 102 cm³/mol. The molecular weight excluding hydrogens is 324 g/mol. The number of unbranched alkanes of at least 4 members (excludes halogenated alkanes) is 8. The molecule has 2 atom stereocenters. The van der Waals surface area contributed by atoms with Gasteiger partial charge in [-0.05, 0) is 32.1 Å². The number of aliphatic hydroxyl groups excluding tert-OH is 1. The van der Waals surface area contributed by atoms with Gasteiger partial charge in [0, 0.05) is 0 Å². The molecule has 0 aromatic carbocycles. The van der Waals surface area contributed by atoms with Gasteiger partial charge in [-0.2, -0.15) is 8.42 Å². The number of hydrogen-bond acceptors (Lipinski definition) is 3. The van der Waals surface area contributed by atoms with Gasteiger partial charge in [0.2, 0.25) is 0 Å². The van der Waals surface area contributed by atoms with Crippen molar-refractivity contribution < 1.29 is 18.1 Å². The molecule has 0 rings (SSSR count). The molecule has 0 aromatic rings. The number of rotatable bonds is 17. The zero-order valence-corrected chi connectivity index (χ0v) is 16.7. The molecule has 146 valence electrons. The molecule has 0 aliphatic heterocycles. The fraction of sp³-hybridized carbons (Fsp3) is 1.00. The lowest BCUT2D eigenvalue weighted by atomic mass is 10.0. The highest BCUT2D eigenvalue weighted by molar-refractivity contribution is 7.86. The molecule has 0 heterocycles. The molecule has 2 N–H and O–H groups in total. The Morgan fingerprint density at radius 1 is 0.667 bits per heavy atom. The average molecular weight is 365 g/mol. The summed E-state index contributed by atoms with van der Waals surface area (Å²) in [6, 6.07) is 0. The van der Waals surface area contributed by atoms with Crippen LogP contribution in [0.4, 0.5) is 0 Å². The van der Waals surface area contributed by atoms with Crippen LogP contribution in [0, 0.1) is 0 Å². The summed E-state index contributed by atoms with van der Waals surface area (Å²) >= 11 is 0. The van der Waals surface area contributed by atoms with Crippen LogP contribution in [0.2, 0.25) is 0 Å². The highest BCUT2D eigenvalue weighted by Crippen LogP contribution is 2.19. The maximum Gasteiger partial charge on any atom is 0.267 e. The van der Waals surface area contributed by atoms with Gasteiger partial charge in [0.15, 0.2) is 0 Å².